The first-order chi connectivity index (χ1) is 12.9. The molecule has 0 bridgehead atoms. The third kappa shape index (κ3) is 6.53. The zero-order valence-corrected chi connectivity index (χ0v) is 16.1. The van der Waals surface area contributed by atoms with E-state index in [2.05, 4.69) is 10.3 Å². The summed E-state index contributed by atoms with van der Waals surface area (Å²) in [5.74, 6) is -0.612. The number of nitrogens with one attached hydrogen (secondary N) is 1. The Morgan fingerprint density at radius 2 is 1.96 bits per heavy atom. The molecule has 0 saturated carbocycles. The van der Waals surface area contributed by atoms with E-state index in [1.807, 2.05) is 54.9 Å². The summed E-state index contributed by atoms with van der Waals surface area (Å²) in [7, 11) is 1.31. The summed E-state index contributed by atoms with van der Waals surface area (Å²) in [6.07, 6.45) is 4.40. The van der Waals surface area contributed by atoms with E-state index in [0.29, 0.717) is 19.4 Å². The van der Waals surface area contributed by atoms with E-state index in [1.54, 1.807) is 6.33 Å². The maximum Gasteiger partial charge on any atom is 0.328 e. The minimum atomic E-state index is -0.788. The second kappa shape index (κ2) is 9.87. The predicted molar refractivity (Wildman–Crippen MR) is 103 cm³/mol. The number of benzene rings is 1. The molecule has 7 heteroatoms. The van der Waals surface area contributed by atoms with Crippen LogP contribution in [-0.4, -0.2) is 40.6 Å². The predicted octanol–water partition coefficient (Wildman–Crippen LogP) is 1.51. The summed E-state index contributed by atoms with van der Waals surface area (Å²) < 4.78 is 6.71. The smallest absolute Gasteiger partial charge is 0.328 e. The van der Waals surface area contributed by atoms with Crippen LogP contribution in [0.4, 0.5) is 0 Å². The highest BCUT2D eigenvalue weighted by Crippen LogP contribution is 2.08. The standard InChI is InChI=1S/C20H28N4O3/c1-14(2)9-18(20(26)27-3)23-19(25)17(21)10-16-12-24(13-22-16)11-15-7-5-4-6-8-15/h4-8,12-14,17-18H,9-11,21H2,1-3H3,(H,23,25)/t17-,18+/m1/s1. The summed E-state index contributed by atoms with van der Waals surface area (Å²) in [5, 5.41) is 2.69. The number of carbonyl (C=O) groups is 2. The molecule has 146 valence electrons. The second-order valence-electron chi connectivity index (χ2n) is 7.05. The quantitative estimate of drug-likeness (QED) is 0.650. The first kappa shape index (κ1) is 20.6. The molecule has 0 unspecified atom stereocenters. The van der Waals surface area contributed by atoms with E-state index in [4.69, 9.17) is 10.5 Å². The SMILES string of the molecule is COC(=O)[C@H](CC(C)C)NC(=O)[C@H](N)Cc1cn(Cc2ccccc2)cn1. The van der Waals surface area contributed by atoms with Crippen molar-refractivity contribution in [2.75, 3.05) is 7.11 Å². The van der Waals surface area contributed by atoms with Crippen molar-refractivity contribution in [2.45, 2.75) is 45.3 Å². The summed E-state index contributed by atoms with van der Waals surface area (Å²) in [5.41, 5.74) is 7.91. The van der Waals surface area contributed by atoms with E-state index < -0.39 is 18.1 Å². The molecule has 2 atom stereocenters. The Hall–Kier alpha value is -2.67. The van der Waals surface area contributed by atoms with Crippen LogP contribution in [-0.2, 0) is 27.3 Å². The number of imidazole rings is 1. The third-order valence-corrected chi connectivity index (χ3v) is 4.17. The molecule has 0 aliphatic heterocycles. The zero-order valence-electron chi connectivity index (χ0n) is 16.1. The molecule has 0 aliphatic carbocycles. The maximum atomic E-state index is 12.4. The topological polar surface area (TPSA) is 99.2 Å². The molecule has 2 rings (SSSR count). The van der Waals surface area contributed by atoms with Crippen LogP contribution in [0.3, 0.4) is 0 Å². The summed E-state index contributed by atoms with van der Waals surface area (Å²) >= 11 is 0. The van der Waals surface area contributed by atoms with Gasteiger partial charge in [-0.1, -0.05) is 44.2 Å². The number of carbonyl (C=O) groups excluding carboxylic acids is 2. The zero-order chi connectivity index (χ0) is 19.8. The highest BCUT2D eigenvalue weighted by atomic mass is 16.5. The largest absolute Gasteiger partial charge is 0.467 e. The van der Waals surface area contributed by atoms with Crippen LogP contribution >= 0.6 is 0 Å². The van der Waals surface area contributed by atoms with Crippen LogP contribution in [0.2, 0.25) is 0 Å². The van der Waals surface area contributed by atoms with Crippen LogP contribution in [0.15, 0.2) is 42.9 Å². The van der Waals surface area contributed by atoms with Crippen LogP contribution in [0.5, 0.6) is 0 Å². The van der Waals surface area contributed by atoms with Crippen molar-refractivity contribution in [3.05, 3.63) is 54.1 Å². The molecule has 1 heterocycles. The van der Waals surface area contributed by atoms with Crippen molar-refractivity contribution in [3.63, 3.8) is 0 Å². The van der Waals surface area contributed by atoms with Crippen molar-refractivity contribution in [1.29, 1.82) is 0 Å². The van der Waals surface area contributed by atoms with E-state index >= 15 is 0 Å². The maximum absolute atomic E-state index is 12.4. The highest BCUT2D eigenvalue weighted by Gasteiger charge is 2.25. The van der Waals surface area contributed by atoms with Crippen LogP contribution in [0, 0.1) is 5.92 Å². The second-order valence-corrected chi connectivity index (χ2v) is 7.05. The third-order valence-electron chi connectivity index (χ3n) is 4.17. The van der Waals surface area contributed by atoms with Gasteiger partial charge in [-0.3, -0.25) is 4.79 Å². The lowest BCUT2D eigenvalue weighted by Crippen LogP contribution is -2.50. The lowest BCUT2D eigenvalue weighted by molar-refractivity contribution is -0.145. The van der Waals surface area contributed by atoms with Gasteiger partial charge in [-0.05, 0) is 17.9 Å². The summed E-state index contributed by atoms with van der Waals surface area (Å²) in [6, 6.07) is 8.56. The Balaban J connectivity index is 1.92. The van der Waals surface area contributed by atoms with E-state index in [0.717, 1.165) is 11.3 Å². The van der Waals surface area contributed by atoms with Gasteiger partial charge in [0.25, 0.3) is 0 Å². The molecule has 0 spiro atoms. The Bertz CT molecular complexity index is 743. The Morgan fingerprint density at radius 1 is 1.26 bits per heavy atom. The van der Waals surface area contributed by atoms with Gasteiger partial charge in [0.1, 0.15) is 6.04 Å². The number of nitrogens with zero attached hydrogens (tertiary/aromatic N) is 2. The minimum absolute atomic E-state index is 0.235. The summed E-state index contributed by atoms with van der Waals surface area (Å²) in [6.45, 7) is 4.65. The Morgan fingerprint density at radius 3 is 2.59 bits per heavy atom. The monoisotopic (exact) mass is 372 g/mol. The van der Waals surface area contributed by atoms with Crippen LogP contribution in [0.1, 0.15) is 31.5 Å². The van der Waals surface area contributed by atoms with E-state index in [1.165, 1.54) is 7.11 Å². The number of nitrogens with two attached hydrogens (primary N) is 1. The molecule has 0 saturated heterocycles. The molecule has 0 fully saturated rings. The molecule has 2 aromatic rings. The number of methoxy groups -OCH3 is 1. The van der Waals surface area contributed by atoms with Crippen molar-refractivity contribution < 1.29 is 14.3 Å². The van der Waals surface area contributed by atoms with Crippen molar-refractivity contribution in [2.24, 2.45) is 11.7 Å². The number of amides is 1. The molecule has 1 aromatic carbocycles. The normalized spacial score (nSPS) is 13.2. The number of hydrogen-bond acceptors (Lipinski definition) is 5. The fourth-order valence-electron chi connectivity index (χ4n) is 2.82. The number of rotatable bonds is 9. The van der Waals surface area contributed by atoms with Gasteiger partial charge < -0.3 is 20.4 Å². The molecule has 27 heavy (non-hydrogen) atoms. The van der Waals surface area contributed by atoms with Gasteiger partial charge in [0.15, 0.2) is 0 Å². The average Bonchev–Trinajstić information content (AvgIpc) is 3.07. The van der Waals surface area contributed by atoms with Crippen molar-refractivity contribution in [3.8, 4) is 0 Å². The minimum Gasteiger partial charge on any atom is -0.467 e. The lowest BCUT2D eigenvalue weighted by Gasteiger charge is -2.20. The molecular weight excluding hydrogens is 344 g/mol. The molecule has 0 radical (unpaired) electrons. The van der Waals surface area contributed by atoms with Gasteiger partial charge >= 0.3 is 5.97 Å². The fraction of sp³-hybridized carbons (Fsp3) is 0.450. The fourth-order valence-corrected chi connectivity index (χ4v) is 2.82. The van der Waals surface area contributed by atoms with Crippen molar-refractivity contribution in [1.82, 2.24) is 14.9 Å². The van der Waals surface area contributed by atoms with Crippen LogP contribution in [0.25, 0.3) is 0 Å². The number of esters is 1. The Labute approximate surface area is 159 Å². The van der Waals surface area contributed by atoms with Gasteiger partial charge in [-0.15, -0.1) is 0 Å². The Kier molecular flexibility index (Phi) is 7.55. The van der Waals surface area contributed by atoms with E-state index in [9.17, 15) is 9.59 Å². The number of hydrogen-bond donors (Lipinski definition) is 2. The first-order valence-corrected chi connectivity index (χ1v) is 9.07. The lowest BCUT2D eigenvalue weighted by atomic mass is 10.0. The molecular formula is C20H28N4O3. The average molecular weight is 372 g/mol. The van der Waals surface area contributed by atoms with Gasteiger partial charge in [-0.25, -0.2) is 9.78 Å². The molecule has 1 aromatic heterocycles. The number of aromatic nitrogens is 2. The van der Waals surface area contributed by atoms with Gasteiger partial charge in [0.2, 0.25) is 5.91 Å². The summed E-state index contributed by atoms with van der Waals surface area (Å²) in [4.78, 5) is 28.6. The van der Waals surface area contributed by atoms with Gasteiger partial charge in [0.05, 0.1) is 25.2 Å². The molecule has 7 nitrogen and oxygen atoms in total. The van der Waals surface area contributed by atoms with E-state index in [-0.39, 0.29) is 11.8 Å². The van der Waals surface area contributed by atoms with Crippen molar-refractivity contribution >= 4 is 11.9 Å². The van der Waals surface area contributed by atoms with Gasteiger partial charge in [0, 0.05) is 19.2 Å². The highest BCUT2D eigenvalue weighted by molar-refractivity contribution is 5.87. The van der Waals surface area contributed by atoms with Crippen LogP contribution < -0.4 is 11.1 Å². The molecule has 3 N–H and O–H groups in total. The molecule has 1 amide bonds. The van der Waals surface area contributed by atoms with Gasteiger partial charge in [-0.2, -0.15) is 0 Å². The molecule has 0 aliphatic rings. The first-order valence-electron chi connectivity index (χ1n) is 9.07. The number of ether oxygens (including phenoxy) is 1.